The van der Waals surface area contributed by atoms with Crippen molar-refractivity contribution in [2.75, 3.05) is 32.4 Å². The highest BCUT2D eigenvalue weighted by Gasteiger charge is 2.48. The van der Waals surface area contributed by atoms with Crippen molar-refractivity contribution in [3.05, 3.63) is 35.4 Å². The van der Waals surface area contributed by atoms with Gasteiger partial charge in [-0.2, -0.15) is 0 Å². The van der Waals surface area contributed by atoms with Gasteiger partial charge in [0.15, 0.2) is 0 Å². The minimum atomic E-state index is -3.52. The van der Waals surface area contributed by atoms with Gasteiger partial charge < -0.3 is 26.2 Å². The molecule has 0 aromatic heterocycles. The highest BCUT2D eigenvalue weighted by molar-refractivity contribution is 7.89. The maximum atomic E-state index is 14.8. The van der Waals surface area contributed by atoms with Crippen molar-refractivity contribution < 1.29 is 32.4 Å². The molecule has 1 aromatic rings. The number of carbonyl (C=O) groups is 5. The van der Waals surface area contributed by atoms with E-state index < -0.39 is 69.1 Å². The molecule has 0 saturated carbocycles. The van der Waals surface area contributed by atoms with Crippen LogP contribution in [0, 0.1) is 23.2 Å². The third kappa shape index (κ3) is 11.5. The maximum absolute atomic E-state index is 14.8. The van der Waals surface area contributed by atoms with E-state index in [4.69, 9.17) is 0 Å². The van der Waals surface area contributed by atoms with E-state index in [1.54, 1.807) is 11.8 Å². The molecule has 5 atom stereocenters. The molecule has 1 aromatic carbocycles. The van der Waals surface area contributed by atoms with E-state index >= 15 is 0 Å². The number of hydrogen-bond acceptors (Lipinski definition) is 7. The number of urea groups is 1. The number of unbranched alkanes of at least 4 members (excludes halogenated alkanes) is 1. The second kappa shape index (κ2) is 19.2. The Labute approximate surface area is 317 Å². The van der Waals surface area contributed by atoms with Crippen molar-refractivity contribution in [1.82, 2.24) is 30.5 Å². The van der Waals surface area contributed by atoms with Gasteiger partial charge in [-0.1, -0.05) is 85.6 Å². The topological polar surface area (TPSA) is 174 Å². The van der Waals surface area contributed by atoms with Gasteiger partial charge in [0, 0.05) is 32.7 Å². The smallest absolute Gasteiger partial charge is 0.315 e. The molecule has 1 heterocycles. The number of nitrogens with zero attached hydrogens (tertiary/aromatic N) is 2. The van der Waals surface area contributed by atoms with E-state index in [1.807, 2.05) is 72.7 Å². The Balaban J connectivity index is 1.95. The molecule has 0 bridgehead atoms. The number of Topliss-reactive ketones (excluding diaryl/α,β-unsaturated/α-hetero) is 1. The van der Waals surface area contributed by atoms with Crippen LogP contribution in [-0.4, -0.2) is 104 Å². The van der Waals surface area contributed by atoms with Crippen LogP contribution < -0.4 is 21.3 Å². The van der Waals surface area contributed by atoms with E-state index in [1.165, 1.54) is 11.4 Å². The Morgan fingerprint density at radius 1 is 0.943 bits per heavy atom. The van der Waals surface area contributed by atoms with Crippen LogP contribution in [0.3, 0.4) is 0 Å². The van der Waals surface area contributed by atoms with Crippen molar-refractivity contribution >= 4 is 39.6 Å². The van der Waals surface area contributed by atoms with Gasteiger partial charge in [0.1, 0.15) is 12.1 Å². The Hall–Kier alpha value is -3.52. The van der Waals surface area contributed by atoms with Gasteiger partial charge in [0.2, 0.25) is 27.6 Å². The van der Waals surface area contributed by atoms with Gasteiger partial charge in [0.25, 0.3) is 5.91 Å². The quantitative estimate of drug-likeness (QED) is 0.166. The molecule has 5 amide bonds. The summed E-state index contributed by atoms with van der Waals surface area (Å²) in [5, 5.41) is 11.4. The number of rotatable bonds is 18. The molecular formula is C39H64N6O7S. The van der Waals surface area contributed by atoms with Crippen LogP contribution in [0.1, 0.15) is 98.6 Å². The zero-order chi connectivity index (χ0) is 39.7. The number of ketones is 1. The van der Waals surface area contributed by atoms with E-state index in [0.29, 0.717) is 45.1 Å². The summed E-state index contributed by atoms with van der Waals surface area (Å²) in [6.45, 7) is 15.8. The molecule has 2 unspecified atom stereocenters. The van der Waals surface area contributed by atoms with Crippen molar-refractivity contribution in [3.63, 3.8) is 0 Å². The van der Waals surface area contributed by atoms with Crippen LogP contribution in [0.2, 0.25) is 0 Å². The second-order valence-electron chi connectivity index (χ2n) is 16.1. The summed E-state index contributed by atoms with van der Waals surface area (Å²) >= 11 is 0. The van der Waals surface area contributed by atoms with Gasteiger partial charge in [-0.3, -0.25) is 19.2 Å². The fraction of sp³-hybridized carbons (Fsp3) is 0.718. The van der Waals surface area contributed by atoms with Crippen molar-refractivity contribution in [1.29, 1.82) is 0 Å². The van der Waals surface area contributed by atoms with Gasteiger partial charge in [-0.25, -0.2) is 17.5 Å². The van der Waals surface area contributed by atoms with Crippen molar-refractivity contribution in [2.24, 2.45) is 23.2 Å². The van der Waals surface area contributed by atoms with Crippen molar-refractivity contribution in [2.45, 2.75) is 125 Å². The van der Waals surface area contributed by atoms with Gasteiger partial charge in [-0.15, -0.1) is 0 Å². The molecule has 1 saturated heterocycles. The summed E-state index contributed by atoms with van der Waals surface area (Å²) in [4.78, 5) is 70.5. The van der Waals surface area contributed by atoms with Gasteiger partial charge in [-0.05, 0) is 73.3 Å². The number of sulfonamides is 1. The molecule has 4 N–H and O–H groups in total. The first-order valence-corrected chi connectivity index (χ1v) is 21.0. The number of hydrogen-bond donors (Lipinski definition) is 4. The fourth-order valence-electron chi connectivity index (χ4n) is 7.37. The predicted molar refractivity (Wildman–Crippen MR) is 206 cm³/mol. The summed E-state index contributed by atoms with van der Waals surface area (Å²) in [6.07, 6.45) is 3.99. The molecular weight excluding hydrogens is 697 g/mol. The van der Waals surface area contributed by atoms with E-state index in [2.05, 4.69) is 21.3 Å². The Morgan fingerprint density at radius 3 is 2.09 bits per heavy atom. The highest BCUT2D eigenvalue weighted by Crippen LogP contribution is 2.35. The molecule has 3 rings (SSSR count). The van der Waals surface area contributed by atoms with E-state index in [9.17, 15) is 32.4 Å². The lowest BCUT2D eigenvalue weighted by molar-refractivity contribution is -0.144. The van der Waals surface area contributed by atoms with Gasteiger partial charge in [0.05, 0.1) is 11.8 Å². The molecule has 13 nitrogen and oxygen atoms in total. The third-order valence-corrected chi connectivity index (χ3v) is 12.7. The van der Waals surface area contributed by atoms with Crippen LogP contribution >= 0.6 is 0 Å². The summed E-state index contributed by atoms with van der Waals surface area (Å²) in [6, 6.07) is 3.78. The molecule has 14 heteroatoms. The molecule has 0 radical (unpaired) electrons. The zero-order valence-electron chi connectivity index (χ0n) is 33.3. The Bertz CT molecular complexity index is 1530. The predicted octanol–water partition coefficient (Wildman–Crippen LogP) is 3.41. The van der Waals surface area contributed by atoms with Crippen LogP contribution in [0.5, 0.6) is 0 Å². The van der Waals surface area contributed by atoms with E-state index in [-0.39, 0.29) is 36.6 Å². The first kappa shape index (κ1) is 43.9. The lowest BCUT2D eigenvalue weighted by Crippen LogP contribution is -2.61. The number of likely N-dealkylation sites (tertiary alicyclic amines) is 1. The van der Waals surface area contributed by atoms with Crippen molar-refractivity contribution in [3.8, 4) is 0 Å². The fourth-order valence-corrected chi connectivity index (χ4v) is 8.19. The van der Waals surface area contributed by atoms with E-state index in [0.717, 1.165) is 17.5 Å². The molecule has 0 spiro atoms. The third-order valence-electron chi connectivity index (χ3n) is 10.8. The maximum Gasteiger partial charge on any atom is 0.315 e. The second-order valence-corrected chi connectivity index (χ2v) is 18.5. The monoisotopic (exact) mass is 760 g/mol. The lowest BCUT2D eigenvalue weighted by Gasteiger charge is -2.36. The normalized spacial score (nSPS) is 19.4. The van der Waals surface area contributed by atoms with Crippen LogP contribution in [-0.2, 0) is 42.0 Å². The summed E-state index contributed by atoms with van der Waals surface area (Å²) in [5.41, 5.74) is 1.65. The minimum Gasteiger partial charge on any atom is -0.349 e. The van der Waals surface area contributed by atoms with Crippen LogP contribution in [0.4, 0.5) is 4.79 Å². The number of fused-ring (bicyclic) bond motifs is 1. The summed E-state index contributed by atoms with van der Waals surface area (Å²) in [5.74, 6) is -2.90. The number of nitrogens with one attached hydrogen (secondary N) is 4. The molecule has 1 aliphatic carbocycles. The Morgan fingerprint density at radius 2 is 1.57 bits per heavy atom. The number of carbonyl (C=O) groups excluding carboxylic acids is 5. The standard InChI is InChI=1S/C39H64N6O7S/c1-10-13-18-30(34(46)36(48)40-20-11-2)41-35(47)33-29(25(4)5)19-21-45(33)37(49)32(28-22-26-16-14-15-17-27(26)23-28)43-38(50)42-31(39(6,7)8)24-44(9)53(51,52)12-3/h14-17,25,28-33H,10-13,18-24H2,1-9H3,(H,40,48)(H,41,47)(H2,42,43,50)/t29?,30?,31-,32+,33+/m1/s1. The largest absolute Gasteiger partial charge is 0.349 e. The highest BCUT2D eigenvalue weighted by atomic mass is 32.2. The first-order valence-electron chi connectivity index (χ1n) is 19.4. The molecule has 53 heavy (non-hydrogen) atoms. The average molecular weight is 761 g/mol. The molecule has 1 fully saturated rings. The molecule has 1 aliphatic heterocycles. The SMILES string of the molecule is CCCCC(NC(=O)[C@@H]1C(C(C)C)CCN1C(=O)[C@@H](NC(=O)N[C@H](CN(C)S(=O)(=O)CC)C(C)(C)C)C1Cc2ccccc2C1)C(=O)C(=O)NCCC. The molecule has 298 valence electrons. The average Bonchev–Trinajstić information content (AvgIpc) is 3.75. The lowest BCUT2D eigenvalue weighted by atomic mass is 9.86. The summed E-state index contributed by atoms with van der Waals surface area (Å²) < 4.78 is 26.5. The summed E-state index contributed by atoms with van der Waals surface area (Å²) in [7, 11) is -2.03. The zero-order valence-corrected chi connectivity index (χ0v) is 34.1. The van der Waals surface area contributed by atoms with Gasteiger partial charge >= 0.3 is 6.03 Å². The number of amides is 5. The number of likely N-dealkylation sites (N-methyl/N-ethyl adjacent to an activating group) is 1. The van der Waals surface area contributed by atoms with Crippen LogP contribution in [0.15, 0.2) is 24.3 Å². The minimum absolute atomic E-state index is 0.0237. The Kier molecular flexibility index (Phi) is 15.9. The number of benzene rings is 1. The molecule has 2 aliphatic rings. The van der Waals surface area contributed by atoms with Crippen LogP contribution in [0.25, 0.3) is 0 Å². The first-order chi connectivity index (χ1) is 24.9.